The minimum absolute atomic E-state index is 0.159. The molecule has 1 aromatic heterocycles. The van der Waals surface area contributed by atoms with Gasteiger partial charge in [0.2, 0.25) is 0 Å². The van der Waals surface area contributed by atoms with E-state index in [9.17, 15) is 0 Å². The zero-order chi connectivity index (χ0) is 13.0. The summed E-state index contributed by atoms with van der Waals surface area (Å²) in [4.78, 5) is 4.20. The zero-order valence-corrected chi connectivity index (χ0v) is 10.5. The number of rotatable bonds is 3. The second-order valence-corrected chi connectivity index (χ2v) is 4.30. The van der Waals surface area contributed by atoms with Gasteiger partial charge in [0.15, 0.2) is 0 Å². The van der Waals surface area contributed by atoms with Crippen LogP contribution in [0, 0.1) is 18.3 Å². The monoisotopic (exact) mass is 237 g/mol. The van der Waals surface area contributed by atoms with Crippen LogP contribution in [0.15, 0.2) is 42.5 Å². The number of aryl methyl sites for hydroxylation is 1. The average molecular weight is 237 g/mol. The lowest BCUT2D eigenvalue weighted by molar-refractivity contribution is 0.873. The van der Waals surface area contributed by atoms with E-state index in [2.05, 4.69) is 48.4 Å². The normalized spacial score (nSPS) is 11.6. The van der Waals surface area contributed by atoms with Gasteiger partial charge in [-0.3, -0.25) is 0 Å². The first-order chi connectivity index (χ1) is 8.69. The lowest BCUT2D eigenvalue weighted by atomic mass is 10.1. The molecule has 1 N–H and O–H groups in total. The van der Waals surface area contributed by atoms with Crippen LogP contribution in [0.1, 0.15) is 29.8 Å². The molecule has 3 nitrogen and oxygen atoms in total. The van der Waals surface area contributed by atoms with Crippen molar-refractivity contribution in [3.8, 4) is 6.07 Å². The molecule has 18 heavy (non-hydrogen) atoms. The molecule has 1 unspecified atom stereocenters. The largest absolute Gasteiger partial charge is 0.364 e. The number of aromatic nitrogens is 1. The van der Waals surface area contributed by atoms with Gasteiger partial charge in [-0.2, -0.15) is 5.26 Å². The lowest BCUT2D eigenvalue weighted by Gasteiger charge is -2.15. The Kier molecular flexibility index (Phi) is 3.59. The number of hydrogen-bond donors (Lipinski definition) is 1. The fourth-order valence-electron chi connectivity index (χ4n) is 1.74. The van der Waals surface area contributed by atoms with Crippen molar-refractivity contribution in [3.63, 3.8) is 0 Å². The van der Waals surface area contributed by atoms with Gasteiger partial charge in [-0.15, -0.1) is 0 Å². The maximum Gasteiger partial charge on any atom is 0.142 e. The third kappa shape index (κ3) is 2.86. The maximum atomic E-state index is 8.80. The van der Waals surface area contributed by atoms with Gasteiger partial charge in [-0.05, 0) is 31.5 Å². The fraction of sp³-hybridized carbons (Fsp3) is 0.200. The van der Waals surface area contributed by atoms with Gasteiger partial charge in [0.25, 0.3) is 0 Å². The van der Waals surface area contributed by atoms with E-state index < -0.39 is 0 Å². The second-order valence-electron chi connectivity index (χ2n) is 4.30. The lowest BCUT2D eigenvalue weighted by Crippen LogP contribution is -2.08. The third-order valence-electron chi connectivity index (χ3n) is 2.81. The van der Waals surface area contributed by atoms with Gasteiger partial charge in [0, 0.05) is 6.04 Å². The Bertz CT molecular complexity index is 567. The summed E-state index contributed by atoms with van der Waals surface area (Å²) in [5.41, 5.74) is 2.87. The Morgan fingerprint density at radius 2 is 1.89 bits per heavy atom. The molecule has 0 fully saturated rings. The molecular weight excluding hydrogens is 222 g/mol. The molecular formula is C15H15N3. The first kappa shape index (κ1) is 12.1. The van der Waals surface area contributed by atoms with Gasteiger partial charge in [-0.1, -0.05) is 35.9 Å². The quantitative estimate of drug-likeness (QED) is 0.889. The summed E-state index contributed by atoms with van der Waals surface area (Å²) in [6, 6.07) is 16.0. The highest BCUT2D eigenvalue weighted by atomic mass is 15.0. The van der Waals surface area contributed by atoms with Gasteiger partial charge in [-0.25, -0.2) is 4.98 Å². The molecule has 2 aromatic rings. The highest BCUT2D eigenvalue weighted by molar-refractivity contribution is 5.41. The van der Waals surface area contributed by atoms with Gasteiger partial charge < -0.3 is 5.32 Å². The number of nitriles is 1. The van der Waals surface area contributed by atoms with Crippen LogP contribution in [-0.4, -0.2) is 4.98 Å². The van der Waals surface area contributed by atoms with E-state index in [-0.39, 0.29) is 6.04 Å². The van der Waals surface area contributed by atoms with E-state index in [4.69, 9.17) is 5.26 Å². The zero-order valence-electron chi connectivity index (χ0n) is 10.5. The van der Waals surface area contributed by atoms with E-state index in [1.807, 2.05) is 18.2 Å². The number of benzene rings is 1. The van der Waals surface area contributed by atoms with E-state index >= 15 is 0 Å². The van der Waals surface area contributed by atoms with Gasteiger partial charge in [0.05, 0.1) is 0 Å². The standard InChI is InChI=1S/C15H15N3/c1-11-6-8-13(9-7-11)12(2)17-15-5-3-4-14(10-16)18-15/h3-9,12H,1-2H3,(H,17,18). The Morgan fingerprint density at radius 3 is 2.56 bits per heavy atom. The number of anilines is 1. The predicted molar refractivity (Wildman–Crippen MR) is 72.2 cm³/mol. The van der Waals surface area contributed by atoms with Gasteiger partial charge in [0.1, 0.15) is 17.6 Å². The molecule has 0 bridgehead atoms. The van der Waals surface area contributed by atoms with E-state index in [1.54, 1.807) is 6.07 Å². The molecule has 0 radical (unpaired) electrons. The Hall–Kier alpha value is -2.34. The van der Waals surface area contributed by atoms with Crippen LogP contribution in [0.5, 0.6) is 0 Å². The van der Waals surface area contributed by atoms with Crippen LogP contribution in [-0.2, 0) is 0 Å². The summed E-state index contributed by atoms with van der Waals surface area (Å²) in [5.74, 6) is 0.724. The van der Waals surface area contributed by atoms with Gasteiger partial charge >= 0.3 is 0 Å². The molecule has 0 saturated heterocycles. The Morgan fingerprint density at radius 1 is 1.17 bits per heavy atom. The van der Waals surface area contributed by atoms with Crippen molar-refractivity contribution in [2.75, 3.05) is 5.32 Å². The molecule has 0 aliphatic heterocycles. The molecule has 1 aromatic carbocycles. The number of hydrogen-bond acceptors (Lipinski definition) is 3. The number of pyridine rings is 1. The maximum absolute atomic E-state index is 8.80. The molecule has 0 amide bonds. The third-order valence-corrected chi connectivity index (χ3v) is 2.81. The van der Waals surface area contributed by atoms with Crippen LogP contribution in [0.25, 0.3) is 0 Å². The molecule has 2 rings (SSSR count). The van der Waals surface area contributed by atoms with Crippen molar-refractivity contribution >= 4 is 5.82 Å². The smallest absolute Gasteiger partial charge is 0.142 e. The van der Waals surface area contributed by atoms with Crippen molar-refractivity contribution in [3.05, 3.63) is 59.3 Å². The fourth-order valence-corrected chi connectivity index (χ4v) is 1.74. The second kappa shape index (κ2) is 5.33. The van der Waals surface area contributed by atoms with Crippen LogP contribution in [0.2, 0.25) is 0 Å². The highest BCUT2D eigenvalue weighted by Gasteiger charge is 2.05. The molecule has 90 valence electrons. The van der Waals surface area contributed by atoms with E-state index in [0.29, 0.717) is 5.69 Å². The molecule has 0 aliphatic rings. The topological polar surface area (TPSA) is 48.7 Å². The van der Waals surface area contributed by atoms with Crippen molar-refractivity contribution in [1.29, 1.82) is 5.26 Å². The molecule has 0 aliphatic carbocycles. The van der Waals surface area contributed by atoms with Crippen LogP contribution >= 0.6 is 0 Å². The highest BCUT2D eigenvalue weighted by Crippen LogP contribution is 2.18. The van der Waals surface area contributed by atoms with Crippen LogP contribution < -0.4 is 5.32 Å². The van der Waals surface area contributed by atoms with Crippen LogP contribution in [0.4, 0.5) is 5.82 Å². The molecule has 0 saturated carbocycles. The SMILES string of the molecule is Cc1ccc(C(C)Nc2cccc(C#N)n2)cc1. The molecule has 1 atom stereocenters. The summed E-state index contributed by atoms with van der Waals surface area (Å²) in [7, 11) is 0. The predicted octanol–water partition coefficient (Wildman–Crippen LogP) is 3.43. The molecule has 3 heteroatoms. The van der Waals surface area contributed by atoms with Crippen molar-refractivity contribution in [2.24, 2.45) is 0 Å². The van der Waals surface area contributed by atoms with Crippen molar-refractivity contribution in [2.45, 2.75) is 19.9 Å². The first-order valence-corrected chi connectivity index (χ1v) is 5.89. The summed E-state index contributed by atoms with van der Waals surface area (Å²) >= 11 is 0. The summed E-state index contributed by atoms with van der Waals surface area (Å²) in [6.45, 7) is 4.14. The number of nitrogens with one attached hydrogen (secondary N) is 1. The summed E-state index contributed by atoms with van der Waals surface area (Å²) in [6.07, 6.45) is 0. The van der Waals surface area contributed by atoms with E-state index in [0.717, 1.165) is 5.82 Å². The Balaban J connectivity index is 2.13. The minimum Gasteiger partial charge on any atom is -0.364 e. The van der Waals surface area contributed by atoms with Crippen molar-refractivity contribution in [1.82, 2.24) is 4.98 Å². The molecule has 0 spiro atoms. The Labute approximate surface area is 107 Å². The molecule has 1 heterocycles. The van der Waals surface area contributed by atoms with Crippen molar-refractivity contribution < 1.29 is 0 Å². The number of nitrogens with zero attached hydrogens (tertiary/aromatic N) is 2. The van der Waals surface area contributed by atoms with E-state index in [1.165, 1.54) is 11.1 Å². The summed E-state index contributed by atoms with van der Waals surface area (Å²) in [5, 5.41) is 12.1. The summed E-state index contributed by atoms with van der Waals surface area (Å²) < 4.78 is 0. The average Bonchev–Trinajstić information content (AvgIpc) is 2.39. The van der Waals surface area contributed by atoms with Crippen LogP contribution in [0.3, 0.4) is 0 Å². The first-order valence-electron chi connectivity index (χ1n) is 5.89. The minimum atomic E-state index is 0.159.